The molecule has 0 fully saturated rings. The van der Waals surface area contributed by atoms with E-state index >= 15 is 0 Å². The Balaban J connectivity index is 3.37. The van der Waals surface area contributed by atoms with Crippen LogP contribution in [0.1, 0.15) is 393 Å². The Morgan fingerprint density at radius 2 is 0.646 bits per heavy atom. The summed E-state index contributed by atoms with van der Waals surface area (Å²) in [6, 6.07) is -0.541. The topological polar surface area (TPSA) is 95.9 Å². The minimum absolute atomic E-state index is 0.00282. The lowest BCUT2D eigenvalue weighted by atomic mass is 10.0. The first kappa shape index (κ1) is 77.1. The number of esters is 1. The molecule has 0 radical (unpaired) electrons. The summed E-state index contributed by atoms with van der Waals surface area (Å²) >= 11 is 0. The van der Waals surface area contributed by atoms with Crippen molar-refractivity contribution >= 4 is 11.9 Å². The molecule has 0 aromatic heterocycles. The SMILES string of the molecule is CCCC/C=C\C/C=C\CCCCCCCC(=O)OCCCCCCCCCCCCCC/C=C\CCCCCCCCCCCCCCCCC(=O)NC(CO)C(O)CCCCCCCCCCCCCCCCCCCC. The second-order valence-electron chi connectivity index (χ2n) is 24.6. The van der Waals surface area contributed by atoms with Gasteiger partial charge >= 0.3 is 5.97 Å². The van der Waals surface area contributed by atoms with Gasteiger partial charge in [-0.05, 0) is 77.0 Å². The number of carbonyl (C=O) groups excluding carboxylic acids is 2. The van der Waals surface area contributed by atoms with Crippen LogP contribution in [0.5, 0.6) is 0 Å². The first-order chi connectivity index (χ1) is 39.0. The van der Waals surface area contributed by atoms with Crippen molar-refractivity contribution in [2.24, 2.45) is 0 Å². The van der Waals surface area contributed by atoms with Crippen LogP contribution in [0, 0.1) is 0 Å². The molecule has 0 bridgehead atoms. The number of amides is 1. The Labute approximate surface area is 494 Å². The van der Waals surface area contributed by atoms with Gasteiger partial charge < -0.3 is 20.3 Å². The first-order valence-electron chi connectivity index (χ1n) is 35.7. The normalized spacial score (nSPS) is 12.7. The van der Waals surface area contributed by atoms with Gasteiger partial charge in [-0.1, -0.05) is 339 Å². The van der Waals surface area contributed by atoms with Crippen LogP contribution in [0.15, 0.2) is 36.5 Å². The molecule has 2 unspecified atom stereocenters. The zero-order valence-corrected chi connectivity index (χ0v) is 53.4. The van der Waals surface area contributed by atoms with Crippen molar-refractivity contribution in [1.29, 1.82) is 0 Å². The Bertz CT molecular complexity index is 1280. The van der Waals surface area contributed by atoms with E-state index in [2.05, 4.69) is 55.6 Å². The lowest BCUT2D eigenvalue weighted by Crippen LogP contribution is -2.45. The van der Waals surface area contributed by atoms with E-state index in [1.807, 2.05) is 0 Å². The Kier molecular flexibility index (Phi) is 66.9. The van der Waals surface area contributed by atoms with Crippen LogP contribution in [-0.2, 0) is 14.3 Å². The van der Waals surface area contributed by atoms with E-state index in [4.69, 9.17) is 4.74 Å². The average molecular weight is 1110 g/mol. The first-order valence-corrected chi connectivity index (χ1v) is 35.7. The molecule has 0 aliphatic carbocycles. The molecular weight excluding hydrogens is 971 g/mol. The van der Waals surface area contributed by atoms with E-state index in [0.717, 1.165) is 51.4 Å². The standard InChI is InChI=1S/C73H139NO5/c1-3-5-7-9-11-13-15-17-19-20-35-38-41-45-49-53-57-61-65-71(76)70(69-75)74-72(77)66-62-58-54-50-46-42-39-36-33-31-29-27-25-23-21-22-24-26-28-30-32-34-37-40-44-48-52-56-60-64-68-79-73(78)67-63-59-55-51-47-43-18-16-14-12-10-8-6-4-2/h10,12,16,18,22,24,70-71,75-76H,3-9,11,13-15,17,19-21,23,25-69H2,1-2H3,(H,74,77)/b12-10-,18-16-,24-22-. The Morgan fingerprint density at radius 1 is 0.354 bits per heavy atom. The van der Waals surface area contributed by atoms with Gasteiger partial charge in [0, 0.05) is 12.8 Å². The number of allylic oxidation sites excluding steroid dienone is 6. The van der Waals surface area contributed by atoms with Crippen molar-refractivity contribution in [2.75, 3.05) is 13.2 Å². The summed E-state index contributed by atoms with van der Waals surface area (Å²) in [6.07, 6.45) is 87.7. The van der Waals surface area contributed by atoms with Gasteiger partial charge in [0.25, 0.3) is 0 Å². The van der Waals surface area contributed by atoms with Crippen molar-refractivity contribution in [3.05, 3.63) is 36.5 Å². The predicted molar refractivity (Wildman–Crippen MR) is 347 cm³/mol. The number of rotatable bonds is 67. The molecule has 79 heavy (non-hydrogen) atoms. The third-order valence-electron chi connectivity index (χ3n) is 16.7. The molecule has 0 saturated heterocycles. The highest BCUT2D eigenvalue weighted by Gasteiger charge is 2.20. The molecule has 6 nitrogen and oxygen atoms in total. The lowest BCUT2D eigenvalue weighted by molar-refractivity contribution is -0.143. The van der Waals surface area contributed by atoms with Gasteiger partial charge in [-0.25, -0.2) is 0 Å². The monoisotopic (exact) mass is 1110 g/mol. The molecule has 0 spiro atoms. The summed E-state index contributed by atoms with van der Waals surface area (Å²) in [4.78, 5) is 24.6. The van der Waals surface area contributed by atoms with E-state index in [1.165, 1.54) is 308 Å². The molecule has 2 atom stereocenters. The van der Waals surface area contributed by atoms with E-state index in [1.54, 1.807) is 0 Å². The molecular formula is C73H139NO5. The van der Waals surface area contributed by atoms with Crippen LogP contribution < -0.4 is 5.32 Å². The molecule has 3 N–H and O–H groups in total. The number of unbranched alkanes of at least 4 members (excludes halogenated alkanes) is 50. The number of aliphatic hydroxyl groups is 2. The van der Waals surface area contributed by atoms with Crippen molar-refractivity contribution in [1.82, 2.24) is 5.32 Å². The van der Waals surface area contributed by atoms with Gasteiger partial charge in [0.2, 0.25) is 5.91 Å². The maximum atomic E-state index is 12.5. The van der Waals surface area contributed by atoms with Crippen LogP contribution in [0.3, 0.4) is 0 Å². The van der Waals surface area contributed by atoms with Crippen molar-refractivity contribution in [3.63, 3.8) is 0 Å². The zero-order valence-electron chi connectivity index (χ0n) is 53.4. The molecule has 0 aliphatic rings. The van der Waals surface area contributed by atoms with E-state index in [-0.39, 0.29) is 18.5 Å². The molecule has 0 aromatic rings. The van der Waals surface area contributed by atoms with E-state index in [0.29, 0.717) is 25.9 Å². The Morgan fingerprint density at radius 3 is 1.01 bits per heavy atom. The fourth-order valence-corrected chi connectivity index (χ4v) is 11.2. The van der Waals surface area contributed by atoms with Crippen molar-refractivity contribution in [3.8, 4) is 0 Å². The second-order valence-corrected chi connectivity index (χ2v) is 24.6. The average Bonchev–Trinajstić information content (AvgIpc) is 3.45. The summed E-state index contributed by atoms with van der Waals surface area (Å²) in [5.41, 5.74) is 0. The molecule has 0 saturated carbocycles. The fourth-order valence-electron chi connectivity index (χ4n) is 11.2. The van der Waals surface area contributed by atoms with Gasteiger partial charge in [-0.2, -0.15) is 0 Å². The quantitative estimate of drug-likeness (QED) is 0.0320. The summed E-state index contributed by atoms with van der Waals surface area (Å²) < 4.78 is 5.48. The summed E-state index contributed by atoms with van der Waals surface area (Å²) in [5, 5.41) is 23.4. The van der Waals surface area contributed by atoms with Crippen LogP contribution in [0.4, 0.5) is 0 Å². The maximum Gasteiger partial charge on any atom is 0.305 e. The summed E-state index contributed by atoms with van der Waals surface area (Å²) in [6.45, 7) is 4.94. The largest absolute Gasteiger partial charge is 0.466 e. The molecule has 1 amide bonds. The summed E-state index contributed by atoms with van der Waals surface area (Å²) in [7, 11) is 0. The number of ether oxygens (including phenoxy) is 1. The second kappa shape index (κ2) is 68.6. The van der Waals surface area contributed by atoms with Crippen molar-refractivity contribution < 1.29 is 24.5 Å². The smallest absolute Gasteiger partial charge is 0.305 e. The molecule has 0 heterocycles. The third-order valence-corrected chi connectivity index (χ3v) is 16.7. The number of carbonyl (C=O) groups is 2. The minimum Gasteiger partial charge on any atom is -0.466 e. The zero-order chi connectivity index (χ0) is 57.1. The van der Waals surface area contributed by atoms with Crippen molar-refractivity contribution in [2.45, 2.75) is 405 Å². The highest BCUT2D eigenvalue weighted by molar-refractivity contribution is 5.76. The number of hydrogen-bond acceptors (Lipinski definition) is 5. The van der Waals surface area contributed by atoms with Crippen LogP contribution in [-0.4, -0.2) is 47.4 Å². The van der Waals surface area contributed by atoms with E-state index in [9.17, 15) is 19.8 Å². The molecule has 0 rings (SSSR count). The van der Waals surface area contributed by atoms with Gasteiger partial charge in [-0.15, -0.1) is 0 Å². The summed E-state index contributed by atoms with van der Waals surface area (Å²) in [5.74, 6) is -0.0272. The third kappa shape index (κ3) is 65.1. The maximum absolute atomic E-state index is 12.5. The Hall–Kier alpha value is -1.92. The molecule has 466 valence electrons. The van der Waals surface area contributed by atoms with Gasteiger partial charge in [0.1, 0.15) is 0 Å². The molecule has 0 aliphatic heterocycles. The van der Waals surface area contributed by atoms with Gasteiger partial charge in [0.15, 0.2) is 0 Å². The van der Waals surface area contributed by atoms with Crippen LogP contribution in [0.2, 0.25) is 0 Å². The number of nitrogens with one attached hydrogen (secondary N) is 1. The molecule has 6 heteroatoms. The van der Waals surface area contributed by atoms with E-state index < -0.39 is 12.1 Å². The van der Waals surface area contributed by atoms with Gasteiger partial charge in [-0.3, -0.25) is 9.59 Å². The highest BCUT2D eigenvalue weighted by Crippen LogP contribution is 2.19. The van der Waals surface area contributed by atoms with Gasteiger partial charge in [0.05, 0.1) is 25.4 Å². The lowest BCUT2D eigenvalue weighted by Gasteiger charge is -2.22. The minimum atomic E-state index is -0.664. The fraction of sp³-hybridized carbons (Fsp3) is 0.890. The molecule has 0 aromatic carbocycles. The number of aliphatic hydroxyl groups excluding tert-OH is 2. The van der Waals surface area contributed by atoms with Crippen LogP contribution in [0.25, 0.3) is 0 Å². The number of hydrogen-bond donors (Lipinski definition) is 3. The predicted octanol–water partition coefficient (Wildman–Crippen LogP) is 23.1. The van der Waals surface area contributed by atoms with Crippen LogP contribution >= 0.6 is 0 Å². The highest BCUT2D eigenvalue weighted by atomic mass is 16.5.